The van der Waals surface area contributed by atoms with E-state index in [-0.39, 0.29) is 18.6 Å². The molecule has 0 radical (unpaired) electrons. The maximum atomic E-state index is 12.3. The molecule has 1 fully saturated rings. The van der Waals surface area contributed by atoms with Gasteiger partial charge in [0.05, 0.1) is 18.6 Å². The first kappa shape index (κ1) is 18.3. The van der Waals surface area contributed by atoms with Crippen LogP contribution in [0.5, 0.6) is 0 Å². The largest absolute Gasteiger partial charge is 0.466 e. The van der Waals surface area contributed by atoms with Crippen molar-refractivity contribution in [3.63, 3.8) is 0 Å². The second kappa shape index (κ2) is 8.07. The van der Waals surface area contributed by atoms with Gasteiger partial charge in [0, 0.05) is 19.1 Å². The third-order valence-electron chi connectivity index (χ3n) is 3.39. The Morgan fingerprint density at radius 1 is 1.48 bits per heavy atom. The lowest BCUT2D eigenvalue weighted by Gasteiger charge is -2.31. The van der Waals surface area contributed by atoms with E-state index < -0.39 is 22.2 Å². The van der Waals surface area contributed by atoms with Crippen molar-refractivity contribution >= 4 is 16.2 Å². The first-order valence-electron chi connectivity index (χ1n) is 7.38. The predicted molar refractivity (Wildman–Crippen MR) is 78.7 cm³/mol. The normalized spacial score (nSPS) is 23.5. The van der Waals surface area contributed by atoms with Crippen molar-refractivity contribution in [2.24, 2.45) is 5.92 Å². The molecular weight excluding hydrogens is 296 g/mol. The highest BCUT2D eigenvalue weighted by atomic mass is 32.2. The number of hydrogen-bond donors (Lipinski definition) is 2. The standard InChI is InChI=1S/C13H26N2O5S/c1-4-20-13(17)12-6-5-7-15(9-12)21(18,19)14-10(2)8-11(3)16/h10-12,14,16H,4-9H2,1-3H3. The van der Waals surface area contributed by atoms with Crippen molar-refractivity contribution in [1.82, 2.24) is 9.03 Å². The highest BCUT2D eigenvalue weighted by Crippen LogP contribution is 2.20. The van der Waals surface area contributed by atoms with E-state index in [9.17, 15) is 18.3 Å². The Kier molecular flexibility index (Phi) is 7.05. The Hall–Kier alpha value is -0.700. The van der Waals surface area contributed by atoms with Crippen LogP contribution in [0, 0.1) is 5.92 Å². The number of hydrogen-bond acceptors (Lipinski definition) is 5. The first-order chi connectivity index (χ1) is 9.76. The molecule has 0 saturated carbocycles. The van der Waals surface area contributed by atoms with Gasteiger partial charge in [-0.3, -0.25) is 4.79 Å². The Labute approximate surface area is 126 Å². The van der Waals surface area contributed by atoms with Gasteiger partial charge in [0.1, 0.15) is 0 Å². The molecule has 1 aliphatic rings. The van der Waals surface area contributed by atoms with E-state index in [1.165, 1.54) is 4.31 Å². The van der Waals surface area contributed by atoms with E-state index in [2.05, 4.69) is 4.72 Å². The molecule has 124 valence electrons. The molecule has 2 N–H and O–H groups in total. The Morgan fingerprint density at radius 2 is 2.14 bits per heavy atom. The number of carbonyl (C=O) groups is 1. The summed E-state index contributed by atoms with van der Waals surface area (Å²) in [6, 6.07) is -0.363. The highest BCUT2D eigenvalue weighted by molar-refractivity contribution is 7.87. The van der Waals surface area contributed by atoms with Crippen LogP contribution in [0.25, 0.3) is 0 Å². The van der Waals surface area contributed by atoms with E-state index >= 15 is 0 Å². The summed E-state index contributed by atoms with van der Waals surface area (Å²) in [4.78, 5) is 11.7. The van der Waals surface area contributed by atoms with Crippen LogP contribution in [-0.4, -0.2) is 55.6 Å². The monoisotopic (exact) mass is 322 g/mol. The molecule has 0 aliphatic carbocycles. The summed E-state index contributed by atoms with van der Waals surface area (Å²) < 4.78 is 33.4. The van der Waals surface area contributed by atoms with Crippen molar-refractivity contribution in [1.29, 1.82) is 0 Å². The van der Waals surface area contributed by atoms with Crippen LogP contribution in [0.3, 0.4) is 0 Å². The minimum Gasteiger partial charge on any atom is -0.466 e. The molecule has 1 saturated heterocycles. The third kappa shape index (κ3) is 5.90. The van der Waals surface area contributed by atoms with Gasteiger partial charge in [-0.1, -0.05) is 0 Å². The number of rotatable bonds is 7. The van der Waals surface area contributed by atoms with Crippen molar-refractivity contribution < 1.29 is 23.1 Å². The van der Waals surface area contributed by atoms with Crippen LogP contribution in [0.15, 0.2) is 0 Å². The van der Waals surface area contributed by atoms with Crippen LogP contribution in [-0.2, 0) is 19.7 Å². The van der Waals surface area contributed by atoms with Crippen molar-refractivity contribution in [3.05, 3.63) is 0 Å². The fourth-order valence-electron chi connectivity index (χ4n) is 2.50. The van der Waals surface area contributed by atoms with Crippen molar-refractivity contribution in [2.75, 3.05) is 19.7 Å². The van der Waals surface area contributed by atoms with Gasteiger partial charge in [-0.05, 0) is 40.0 Å². The smallest absolute Gasteiger partial charge is 0.310 e. The molecule has 0 amide bonds. The lowest BCUT2D eigenvalue weighted by Crippen LogP contribution is -2.50. The zero-order valence-corrected chi connectivity index (χ0v) is 13.7. The molecule has 0 aromatic heterocycles. The number of carbonyl (C=O) groups excluding carboxylic acids is 1. The van der Waals surface area contributed by atoms with Crippen molar-refractivity contribution in [3.8, 4) is 0 Å². The molecular formula is C13H26N2O5S. The van der Waals surface area contributed by atoms with Gasteiger partial charge < -0.3 is 9.84 Å². The van der Waals surface area contributed by atoms with Gasteiger partial charge in [-0.15, -0.1) is 0 Å². The maximum absolute atomic E-state index is 12.3. The molecule has 0 aromatic rings. The van der Waals surface area contributed by atoms with Gasteiger partial charge in [0.25, 0.3) is 10.2 Å². The number of ether oxygens (including phenoxy) is 1. The quantitative estimate of drug-likeness (QED) is 0.655. The summed E-state index contributed by atoms with van der Waals surface area (Å²) in [5.74, 6) is -0.739. The SMILES string of the molecule is CCOC(=O)C1CCCN(S(=O)(=O)NC(C)CC(C)O)C1. The zero-order chi connectivity index (χ0) is 16.0. The van der Waals surface area contributed by atoms with Crippen LogP contribution < -0.4 is 4.72 Å². The van der Waals surface area contributed by atoms with Crippen molar-refractivity contribution in [2.45, 2.75) is 52.2 Å². The first-order valence-corrected chi connectivity index (χ1v) is 8.82. The number of nitrogens with one attached hydrogen (secondary N) is 1. The molecule has 7 nitrogen and oxygen atoms in total. The third-order valence-corrected chi connectivity index (χ3v) is 5.10. The number of nitrogens with zero attached hydrogens (tertiary/aromatic N) is 1. The topological polar surface area (TPSA) is 95.9 Å². The van der Waals surface area contributed by atoms with Gasteiger partial charge >= 0.3 is 5.97 Å². The molecule has 0 bridgehead atoms. The summed E-state index contributed by atoms with van der Waals surface area (Å²) in [6.45, 7) is 5.89. The highest BCUT2D eigenvalue weighted by Gasteiger charge is 2.33. The molecule has 21 heavy (non-hydrogen) atoms. The second-order valence-corrected chi connectivity index (χ2v) is 7.26. The molecule has 1 heterocycles. The van der Waals surface area contributed by atoms with Crippen LogP contribution in [0.4, 0.5) is 0 Å². The van der Waals surface area contributed by atoms with Gasteiger partial charge in [-0.25, -0.2) is 0 Å². The fraction of sp³-hybridized carbons (Fsp3) is 0.923. The minimum atomic E-state index is -3.65. The average Bonchev–Trinajstić information content (AvgIpc) is 2.37. The van der Waals surface area contributed by atoms with E-state index in [1.54, 1.807) is 20.8 Å². The molecule has 0 aromatic carbocycles. The number of esters is 1. The van der Waals surface area contributed by atoms with Crippen LogP contribution in [0.1, 0.15) is 40.0 Å². The van der Waals surface area contributed by atoms with E-state index in [4.69, 9.17) is 4.74 Å². The summed E-state index contributed by atoms with van der Waals surface area (Å²) in [5, 5.41) is 9.29. The molecule has 3 unspecified atom stereocenters. The van der Waals surface area contributed by atoms with Gasteiger partial charge in [0.15, 0.2) is 0 Å². The Bertz CT molecular complexity index is 438. The Morgan fingerprint density at radius 3 is 2.71 bits per heavy atom. The molecule has 0 spiro atoms. The van der Waals surface area contributed by atoms with E-state index in [0.29, 0.717) is 32.4 Å². The summed E-state index contributed by atoms with van der Waals surface area (Å²) in [5.41, 5.74) is 0. The second-order valence-electron chi connectivity index (χ2n) is 5.56. The van der Waals surface area contributed by atoms with Crippen LogP contribution >= 0.6 is 0 Å². The zero-order valence-electron chi connectivity index (χ0n) is 12.9. The summed E-state index contributed by atoms with van der Waals surface area (Å²) in [7, 11) is -3.65. The number of piperidine rings is 1. The fourth-order valence-corrected chi connectivity index (χ4v) is 4.00. The average molecular weight is 322 g/mol. The van der Waals surface area contributed by atoms with Gasteiger partial charge in [0.2, 0.25) is 0 Å². The molecule has 8 heteroatoms. The predicted octanol–water partition coefficient (Wildman–Crippen LogP) is 0.255. The lowest BCUT2D eigenvalue weighted by molar-refractivity contribution is -0.149. The molecule has 3 atom stereocenters. The molecule has 1 rings (SSSR count). The summed E-state index contributed by atoms with van der Waals surface area (Å²) >= 11 is 0. The van der Waals surface area contributed by atoms with Crippen LogP contribution in [0.2, 0.25) is 0 Å². The van der Waals surface area contributed by atoms with Gasteiger partial charge in [-0.2, -0.15) is 17.4 Å². The number of aliphatic hydroxyl groups excluding tert-OH is 1. The lowest BCUT2D eigenvalue weighted by atomic mass is 10.0. The maximum Gasteiger partial charge on any atom is 0.310 e. The molecule has 1 aliphatic heterocycles. The minimum absolute atomic E-state index is 0.148. The van der Waals surface area contributed by atoms with E-state index in [1.807, 2.05) is 0 Å². The van der Waals surface area contributed by atoms with E-state index in [0.717, 1.165) is 0 Å². The summed E-state index contributed by atoms with van der Waals surface area (Å²) in [6.07, 6.45) is 1.05. The Balaban J connectivity index is 2.63. The number of aliphatic hydroxyl groups is 1.